The molecule has 1 aromatic heterocycles. The summed E-state index contributed by atoms with van der Waals surface area (Å²) in [7, 11) is 0. The molecule has 0 spiro atoms. The summed E-state index contributed by atoms with van der Waals surface area (Å²) in [6, 6.07) is -0.196. The van der Waals surface area contributed by atoms with Crippen LogP contribution in [-0.2, 0) is 4.79 Å². The van der Waals surface area contributed by atoms with Crippen molar-refractivity contribution in [2.75, 3.05) is 0 Å². The van der Waals surface area contributed by atoms with E-state index in [1.165, 1.54) is 11.3 Å². The molecule has 6 heteroatoms. The Labute approximate surface area is 104 Å². The monoisotopic (exact) mass is 255 g/mol. The molecule has 0 aliphatic heterocycles. The van der Waals surface area contributed by atoms with Crippen molar-refractivity contribution in [3.05, 3.63) is 10.0 Å². The summed E-state index contributed by atoms with van der Waals surface area (Å²) in [6.45, 7) is 3.73. The van der Waals surface area contributed by atoms with Crippen LogP contribution >= 0.6 is 11.3 Å². The largest absolute Gasteiger partial charge is 0.380 e. The zero-order valence-corrected chi connectivity index (χ0v) is 10.9. The highest BCUT2D eigenvalue weighted by atomic mass is 32.1. The van der Waals surface area contributed by atoms with E-state index in [9.17, 15) is 9.90 Å². The van der Waals surface area contributed by atoms with Crippen molar-refractivity contribution in [1.82, 2.24) is 15.5 Å². The SMILES string of the molecule is Cc1nnc([C@H](C)NC(=O)C2(O)CCCC2)s1. The van der Waals surface area contributed by atoms with Crippen LogP contribution in [0.4, 0.5) is 0 Å². The minimum absolute atomic E-state index is 0.196. The first-order valence-corrected chi connectivity index (χ1v) is 6.66. The maximum absolute atomic E-state index is 12.0. The molecule has 2 N–H and O–H groups in total. The average molecular weight is 255 g/mol. The van der Waals surface area contributed by atoms with Crippen molar-refractivity contribution in [2.45, 2.75) is 51.2 Å². The van der Waals surface area contributed by atoms with Gasteiger partial charge in [0.15, 0.2) is 0 Å². The first-order chi connectivity index (χ1) is 8.01. The lowest BCUT2D eigenvalue weighted by Gasteiger charge is -2.22. The fourth-order valence-corrected chi connectivity index (χ4v) is 2.77. The summed E-state index contributed by atoms with van der Waals surface area (Å²) in [4.78, 5) is 12.0. The van der Waals surface area contributed by atoms with Crippen molar-refractivity contribution < 1.29 is 9.90 Å². The summed E-state index contributed by atoms with van der Waals surface area (Å²) < 4.78 is 0. The maximum Gasteiger partial charge on any atom is 0.252 e. The normalized spacial score (nSPS) is 20.2. The number of rotatable bonds is 3. The second-order valence-corrected chi connectivity index (χ2v) is 5.81. The third-order valence-corrected chi connectivity index (χ3v) is 4.13. The van der Waals surface area contributed by atoms with Gasteiger partial charge in [0.05, 0.1) is 6.04 Å². The van der Waals surface area contributed by atoms with Gasteiger partial charge in [-0.25, -0.2) is 0 Å². The van der Waals surface area contributed by atoms with Crippen LogP contribution < -0.4 is 5.32 Å². The van der Waals surface area contributed by atoms with Crippen molar-refractivity contribution in [3.63, 3.8) is 0 Å². The summed E-state index contributed by atoms with van der Waals surface area (Å²) >= 11 is 1.46. The Morgan fingerprint density at radius 3 is 2.65 bits per heavy atom. The highest BCUT2D eigenvalue weighted by Crippen LogP contribution is 2.30. The Kier molecular flexibility index (Phi) is 3.44. The lowest BCUT2D eigenvalue weighted by Crippen LogP contribution is -2.45. The van der Waals surface area contributed by atoms with Crippen LogP contribution in [0.25, 0.3) is 0 Å². The smallest absolute Gasteiger partial charge is 0.252 e. The molecule has 1 aromatic rings. The molecular weight excluding hydrogens is 238 g/mol. The van der Waals surface area contributed by atoms with Crippen LogP contribution in [0, 0.1) is 6.92 Å². The van der Waals surface area contributed by atoms with Crippen molar-refractivity contribution in [3.8, 4) is 0 Å². The molecule has 1 saturated carbocycles. The molecular formula is C11H17N3O2S. The highest BCUT2D eigenvalue weighted by molar-refractivity contribution is 7.11. The van der Waals surface area contributed by atoms with Crippen molar-refractivity contribution >= 4 is 17.2 Å². The molecule has 1 fully saturated rings. The molecule has 1 aliphatic carbocycles. The van der Waals surface area contributed by atoms with Crippen LogP contribution in [0.5, 0.6) is 0 Å². The van der Waals surface area contributed by atoms with Crippen LogP contribution in [0.1, 0.15) is 48.7 Å². The van der Waals surface area contributed by atoms with Gasteiger partial charge in [0.2, 0.25) is 0 Å². The van der Waals surface area contributed by atoms with Gasteiger partial charge in [0, 0.05) is 0 Å². The van der Waals surface area contributed by atoms with Gasteiger partial charge in [-0.05, 0) is 39.5 Å². The Morgan fingerprint density at radius 2 is 2.12 bits per heavy atom. The van der Waals surface area contributed by atoms with Gasteiger partial charge < -0.3 is 10.4 Å². The van der Waals surface area contributed by atoms with E-state index in [1.807, 2.05) is 13.8 Å². The fraction of sp³-hybridized carbons (Fsp3) is 0.727. The number of hydrogen-bond acceptors (Lipinski definition) is 5. The van der Waals surface area contributed by atoms with Crippen LogP contribution in [0.15, 0.2) is 0 Å². The Morgan fingerprint density at radius 1 is 1.47 bits per heavy atom. The van der Waals surface area contributed by atoms with Gasteiger partial charge in [0.25, 0.3) is 5.91 Å². The van der Waals surface area contributed by atoms with Gasteiger partial charge in [-0.1, -0.05) is 11.3 Å². The molecule has 0 unspecified atom stereocenters. The minimum atomic E-state index is -1.17. The fourth-order valence-electron chi connectivity index (χ4n) is 2.07. The molecule has 5 nitrogen and oxygen atoms in total. The third kappa shape index (κ3) is 2.63. The zero-order chi connectivity index (χ0) is 12.5. The van der Waals surface area contributed by atoms with Gasteiger partial charge in [-0.3, -0.25) is 4.79 Å². The molecule has 1 atom stereocenters. The predicted octanol–water partition coefficient (Wildman–Crippen LogP) is 1.33. The number of aliphatic hydroxyl groups is 1. The minimum Gasteiger partial charge on any atom is -0.380 e. The van der Waals surface area contributed by atoms with Crippen LogP contribution in [0.2, 0.25) is 0 Å². The number of carbonyl (C=O) groups is 1. The number of carbonyl (C=O) groups excluding carboxylic acids is 1. The molecule has 1 heterocycles. The Bertz CT molecular complexity index is 413. The molecule has 1 aliphatic rings. The molecule has 94 valence electrons. The molecule has 0 bridgehead atoms. The van der Waals surface area contributed by atoms with Gasteiger partial charge >= 0.3 is 0 Å². The first kappa shape index (κ1) is 12.4. The number of nitrogens with one attached hydrogen (secondary N) is 1. The van der Waals surface area contributed by atoms with Crippen LogP contribution in [0.3, 0.4) is 0 Å². The summed E-state index contributed by atoms with van der Waals surface area (Å²) in [5, 5.41) is 22.5. The average Bonchev–Trinajstić information content (AvgIpc) is 2.88. The lowest BCUT2D eigenvalue weighted by atomic mass is 10.0. The van der Waals surface area contributed by atoms with E-state index in [-0.39, 0.29) is 11.9 Å². The standard InChI is InChI=1S/C11H17N3O2S/c1-7(9-14-13-8(2)17-9)12-10(15)11(16)5-3-4-6-11/h7,16H,3-6H2,1-2H3,(H,12,15)/t7-/m0/s1. The molecule has 17 heavy (non-hydrogen) atoms. The van der Waals surface area contributed by atoms with Gasteiger partial charge in [-0.15, -0.1) is 10.2 Å². The molecule has 0 saturated heterocycles. The summed E-state index contributed by atoms with van der Waals surface area (Å²) in [6.07, 6.45) is 2.94. The Hall–Kier alpha value is -1.01. The predicted molar refractivity (Wildman–Crippen MR) is 64.6 cm³/mol. The third-order valence-electron chi connectivity index (χ3n) is 3.11. The van der Waals surface area contributed by atoms with Crippen molar-refractivity contribution in [2.24, 2.45) is 0 Å². The van der Waals surface area contributed by atoms with E-state index in [1.54, 1.807) is 0 Å². The number of nitrogens with zero attached hydrogens (tertiary/aromatic N) is 2. The topological polar surface area (TPSA) is 75.1 Å². The number of amides is 1. The molecule has 0 aromatic carbocycles. The molecule has 2 rings (SSSR count). The number of hydrogen-bond donors (Lipinski definition) is 2. The maximum atomic E-state index is 12.0. The van der Waals surface area contributed by atoms with Crippen LogP contribution in [-0.4, -0.2) is 26.8 Å². The van der Waals surface area contributed by atoms with E-state index in [4.69, 9.17) is 0 Å². The van der Waals surface area contributed by atoms with E-state index < -0.39 is 5.60 Å². The van der Waals surface area contributed by atoms with E-state index >= 15 is 0 Å². The van der Waals surface area contributed by atoms with Gasteiger partial charge in [-0.2, -0.15) is 0 Å². The first-order valence-electron chi connectivity index (χ1n) is 5.85. The molecule has 1 amide bonds. The summed E-state index contributed by atoms with van der Waals surface area (Å²) in [5.41, 5.74) is -1.17. The second-order valence-electron chi connectivity index (χ2n) is 4.59. The number of aryl methyl sites for hydroxylation is 1. The second kappa shape index (κ2) is 4.70. The number of aromatic nitrogens is 2. The quantitative estimate of drug-likeness (QED) is 0.854. The van der Waals surface area contributed by atoms with Gasteiger partial charge in [0.1, 0.15) is 15.6 Å². The lowest BCUT2D eigenvalue weighted by molar-refractivity contribution is -0.139. The van der Waals surface area contributed by atoms with Crippen molar-refractivity contribution in [1.29, 1.82) is 0 Å². The summed E-state index contributed by atoms with van der Waals surface area (Å²) in [5.74, 6) is -0.282. The zero-order valence-electron chi connectivity index (χ0n) is 10.1. The van der Waals surface area contributed by atoms with E-state index in [2.05, 4.69) is 15.5 Å². The Balaban J connectivity index is 1.99. The van der Waals surface area contributed by atoms with E-state index in [0.29, 0.717) is 12.8 Å². The highest BCUT2D eigenvalue weighted by Gasteiger charge is 2.39. The van der Waals surface area contributed by atoms with E-state index in [0.717, 1.165) is 22.9 Å². The molecule has 0 radical (unpaired) electrons.